The molecule has 0 amide bonds. The Morgan fingerprint density at radius 2 is 2.10 bits per heavy atom. The maximum absolute atomic E-state index is 13.2. The van der Waals surface area contributed by atoms with Crippen molar-refractivity contribution in [2.75, 3.05) is 11.1 Å². The summed E-state index contributed by atoms with van der Waals surface area (Å²) < 4.78 is 13.6. The second-order valence-electron chi connectivity index (χ2n) is 4.26. The van der Waals surface area contributed by atoms with E-state index in [0.717, 1.165) is 20.8 Å². The van der Waals surface area contributed by atoms with Gasteiger partial charge < -0.3 is 11.1 Å². The Bertz CT molecular complexity index is 802. The number of nitrogens with two attached hydrogens (primary N) is 1. The molecule has 0 aliphatic rings. The maximum Gasteiger partial charge on any atom is 0.223 e. The molecule has 0 fully saturated rings. The number of anilines is 3. The lowest BCUT2D eigenvalue weighted by atomic mass is 10.3. The average Bonchev–Trinajstić information content (AvgIpc) is 2.74. The molecule has 0 unspecified atom stereocenters. The molecule has 0 aliphatic heterocycles. The third kappa shape index (κ3) is 2.46. The number of nitrogen functional groups attached to an aromatic ring is 1. The quantitative estimate of drug-likeness (QED) is 0.724. The van der Waals surface area contributed by atoms with Crippen molar-refractivity contribution in [1.29, 1.82) is 0 Å². The van der Waals surface area contributed by atoms with Gasteiger partial charge in [-0.3, -0.25) is 0 Å². The number of nitrogens with one attached hydrogen (secondary N) is 1. The highest BCUT2D eigenvalue weighted by Crippen LogP contribution is 2.31. The van der Waals surface area contributed by atoms with Gasteiger partial charge in [-0.15, -0.1) is 11.3 Å². The van der Waals surface area contributed by atoms with Gasteiger partial charge in [0, 0.05) is 10.6 Å². The van der Waals surface area contributed by atoms with Crippen molar-refractivity contribution >= 4 is 54.9 Å². The van der Waals surface area contributed by atoms with Crippen molar-refractivity contribution in [2.45, 2.75) is 6.92 Å². The van der Waals surface area contributed by atoms with Crippen LogP contribution in [0.1, 0.15) is 4.88 Å². The summed E-state index contributed by atoms with van der Waals surface area (Å²) in [6, 6.07) is 6.68. The lowest BCUT2D eigenvalue weighted by Gasteiger charge is -2.08. The van der Waals surface area contributed by atoms with Gasteiger partial charge in [0.25, 0.3) is 0 Å². The van der Waals surface area contributed by atoms with Crippen LogP contribution in [0.15, 0.2) is 28.7 Å². The molecular weight excluding hydrogens is 343 g/mol. The number of rotatable bonds is 2. The fraction of sp³-hybridized carbons (Fsp3) is 0.0769. The zero-order chi connectivity index (χ0) is 14.3. The van der Waals surface area contributed by atoms with Gasteiger partial charge in [0.05, 0.1) is 9.86 Å². The fourth-order valence-electron chi connectivity index (χ4n) is 1.86. The normalized spacial score (nSPS) is 10.9. The van der Waals surface area contributed by atoms with Crippen molar-refractivity contribution in [3.05, 3.63) is 39.4 Å². The SMILES string of the molecule is Cc1cc2c(Nc3ccc(F)c(Br)c3)nc(N)nc2s1. The highest BCUT2D eigenvalue weighted by atomic mass is 79.9. The third-order valence-corrected chi connectivity index (χ3v) is 4.27. The molecule has 0 bridgehead atoms. The smallest absolute Gasteiger partial charge is 0.223 e. The zero-order valence-corrected chi connectivity index (χ0v) is 12.8. The molecule has 0 aliphatic carbocycles. The van der Waals surface area contributed by atoms with E-state index in [9.17, 15) is 4.39 Å². The van der Waals surface area contributed by atoms with E-state index in [-0.39, 0.29) is 11.8 Å². The average molecular weight is 353 g/mol. The highest BCUT2D eigenvalue weighted by molar-refractivity contribution is 9.10. The summed E-state index contributed by atoms with van der Waals surface area (Å²) in [5.41, 5.74) is 6.44. The van der Waals surface area contributed by atoms with Gasteiger partial charge in [0.1, 0.15) is 16.5 Å². The lowest BCUT2D eigenvalue weighted by molar-refractivity contribution is 0.621. The minimum Gasteiger partial charge on any atom is -0.368 e. The number of hydrogen-bond acceptors (Lipinski definition) is 5. The summed E-state index contributed by atoms with van der Waals surface area (Å²) in [7, 11) is 0. The molecule has 0 radical (unpaired) electrons. The molecule has 2 aromatic heterocycles. The Kier molecular flexibility index (Phi) is 3.31. The van der Waals surface area contributed by atoms with Crippen molar-refractivity contribution < 1.29 is 4.39 Å². The van der Waals surface area contributed by atoms with Gasteiger partial charge in [-0.05, 0) is 47.1 Å². The van der Waals surface area contributed by atoms with E-state index in [0.29, 0.717) is 10.3 Å². The van der Waals surface area contributed by atoms with Crippen LogP contribution in [-0.4, -0.2) is 9.97 Å². The van der Waals surface area contributed by atoms with E-state index >= 15 is 0 Å². The van der Waals surface area contributed by atoms with Crippen molar-refractivity contribution in [3.63, 3.8) is 0 Å². The van der Waals surface area contributed by atoms with Crippen LogP contribution in [0.3, 0.4) is 0 Å². The van der Waals surface area contributed by atoms with Crippen molar-refractivity contribution in [2.24, 2.45) is 0 Å². The van der Waals surface area contributed by atoms with Crippen molar-refractivity contribution in [1.82, 2.24) is 9.97 Å². The standard InChI is InChI=1S/C13H10BrFN4S/c1-6-4-8-11(18-13(16)19-12(8)20-6)17-7-2-3-10(15)9(14)5-7/h2-5H,1H3,(H3,16,17,18,19). The van der Waals surface area contributed by atoms with Crippen LogP contribution in [0.2, 0.25) is 0 Å². The molecule has 7 heteroatoms. The van der Waals surface area contributed by atoms with Gasteiger partial charge >= 0.3 is 0 Å². The number of halogens is 2. The van der Waals surface area contributed by atoms with E-state index in [4.69, 9.17) is 5.73 Å². The molecule has 0 spiro atoms. The second-order valence-corrected chi connectivity index (χ2v) is 6.35. The Labute approximate surface area is 127 Å². The summed E-state index contributed by atoms with van der Waals surface area (Å²) in [5, 5.41) is 4.05. The topological polar surface area (TPSA) is 63.8 Å². The minimum atomic E-state index is -0.311. The first-order valence-corrected chi connectivity index (χ1v) is 7.39. The largest absolute Gasteiger partial charge is 0.368 e. The fourth-order valence-corrected chi connectivity index (χ4v) is 3.13. The number of nitrogens with zero attached hydrogens (tertiary/aromatic N) is 2. The Morgan fingerprint density at radius 3 is 2.85 bits per heavy atom. The van der Waals surface area contributed by atoms with E-state index < -0.39 is 0 Å². The molecule has 0 saturated heterocycles. The number of hydrogen-bond donors (Lipinski definition) is 2. The molecule has 2 heterocycles. The summed E-state index contributed by atoms with van der Waals surface area (Å²) in [6.07, 6.45) is 0. The predicted octanol–water partition coefficient (Wildman–Crippen LogP) is 4.23. The van der Waals surface area contributed by atoms with E-state index in [1.807, 2.05) is 13.0 Å². The van der Waals surface area contributed by atoms with Crippen LogP contribution in [0.25, 0.3) is 10.2 Å². The molecule has 0 atom stereocenters. The van der Waals surface area contributed by atoms with Crippen LogP contribution in [-0.2, 0) is 0 Å². The summed E-state index contributed by atoms with van der Waals surface area (Å²) in [4.78, 5) is 10.4. The second kappa shape index (κ2) is 4.99. The molecule has 3 aromatic rings. The number of fused-ring (bicyclic) bond motifs is 1. The summed E-state index contributed by atoms with van der Waals surface area (Å²) in [5.74, 6) is 0.521. The van der Waals surface area contributed by atoms with Crippen molar-refractivity contribution in [3.8, 4) is 0 Å². The summed E-state index contributed by atoms with van der Waals surface area (Å²) >= 11 is 4.71. The monoisotopic (exact) mass is 352 g/mol. The van der Waals surface area contributed by atoms with E-state index in [2.05, 4.69) is 31.2 Å². The molecule has 3 rings (SSSR count). The number of thiophene rings is 1. The first-order valence-electron chi connectivity index (χ1n) is 5.78. The molecule has 1 aromatic carbocycles. The van der Waals surface area contributed by atoms with Gasteiger partial charge in [-0.1, -0.05) is 0 Å². The predicted molar refractivity (Wildman–Crippen MR) is 83.9 cm³/mol. The van der Waals surface area contributed by atoms with Gasteiger partial charge in [-0.25, -0.2) is 9.37 Å². The number of benzene rings is 1. The maximum atomic E-state index is 13.2. The number of aromatic nitrogens is 2. The zero-order valence-electron chi connectivity index (χ0n) is 10.4. The van der Waals surface area contributed by atoms with Gasteiger partial charge in [-0.2, -0.15) is 4.98 Å². The molecular formula is C13H10BrFN4S. The lowest BCUT2D eigenvalue weighted by Crippen LogP contribution is -2.00. The third-order valence-electron chi connectivity index (χ3n) is 2.72. The Balaban J connectivity index is 2.07. The molecule has 20 heavy (non-hydrogen) atoms. The van der Waals surface area contributed by atoms with Crippen LogP contribution in [0, 0.1) is 12.7 Å². The van der Waals surface area contributed by atoms with Gasteiger partial charge in [0.15, 0.2) is 0 Å². The Hall–Kier alpha value is -1.73. The molecule has 102 valence electrons. The number of aryl methyl sites for hydroxylation is 1. The highest BCUT2D eigenvalue weighted by Gasteiger charge is 2.10. The molecule has 4 nitrogen and oxygen atoms in total. The minimum absolute atomic E-state index is 0.211. The summed E-state index contributed by atoms with van der Waals surface area (Å²) in [6.45, 7) is 2.00. The first-order chi connectivity index (χ1) is 9.52. The van der Waals surface area contributed by atoms with E-state index in [1.165, 1.54) is 6.07 Å². The van der Waals surface area contributed by atoms with Crippen LogP contribution < -0.4 is 11.1 Å². The first kappa shape index (κ1) is 13.3. The molecule has 3 N–H and O–H groups in total. The molecule has 0 saturated carbocycles. The van der Waals surface area contributed by atoms with Crippen LogP contribution >= 0.6 is 27.3 Å². The van der Waals surface area contributed by atoms with E-state index in [1.54, 1.807) is 23.5 Å². The van der Waals surface area contributed by atoms with Crippen LogP contribution in [0.4, 0.5) is 21.8 Å². The van der Waals surface area contributed by atoms with Gasteiger partial charge in [0.2, 0.25) is 5.95 Å². The Morgan fingerprint density at radius 1 is 1.30 bits per heavy atom. The van der Waals surface area contributed by atoms with Crippen LogP contribution in [0.5, 0.6) is 0 Å².